The van der Waals surface area contributed by atoms with Crippen molar-refractivity contribution in [3.8, 4) is 0 Å². The van der Waals surface area contributed by atoms with Crippen LogP contribution in [0, 0.1) is 5.41 Å². The van der Waals surface area contributed by atoms with E-state index in [4.69, 9.17) is 10.9 Å². The summed E-state index contributed by atoms with van der Waals surface area (Å²) < 4.78 is 0. The number of piperidine rings is 1. The van der Waals surface area contributed by atoms with Crippen LogP contribution in [0.3, 0.4) is 0 Å². The first-order valence-corrected chi connectivity index (χ1v) is 8.23. The maximum Gasteiger partial charge on any atom is 0.144 e. The van der Waals surface area contributed by atoms with E-state index in [1.54, 1.807) is 0 Å². The van der Waals surface area contributed by atoms with Crippen LogP contribution in [0.5, 0.6) is 0 Å². The van der Waals surface area contributed by atoms with E-state index in [-0.39, 0.29) is 5.41 Å². The fourth-order valence-electron chi connectivity index (χ4n) is 3.16. The van der Waals surface area contributed by atoms with E-state index in [2.05, 4.69) is 17.0 Å². The first-order valence-electron chi connectivity index (χ1n) is 8.23. The molecule has 4 nitrogen and oxygen atoms in total. The minimum absolute atomic E-state index is 0.195. The fraction of sp³-hybridized carbons (Fsp3) is 0.938. The van der Waals surface area contributed by atoms with Gasteiger partial charge < -0.3 is 15.8 Å². The van der Waals surface area contributed by atoms with Gasteiger partial charge in [-0.3, -0.25) is 0 Å². The van der Waals surface area contributed by atoms with Gasteiger partial charge in [-0.2, -0.15) is 0 Å². The number of nitrogens with two attached hydrogens (primary N) is 1. The summed E-state index contributed by atoms with van der Waals surface area (Å²) in [6.07, 6.45) is 10.1. The molecule has 1 saturated heterocycles. The average Bonchev–Trinajstić information content (AvgIpc) is 2.44. The second-order valence-electron chi connectivity index (χ2n) is 6.80. The van der Waals surface area contributed by atoms with Gasteiger partial charge >= 0.3 is 0 Å². The highest BCUT2D eigenvalue weighted by Gasteiger charge is 2.24. The Morgan fingerprint density at radius 2 is 2.10 bits per heavy atom. The van der Waals surface area contributed by atoms with Crippen LogP contribution < -0.4 is 5.73 Å². The maximum atomic E-state index is 8.78. The van der Waals surface area contributed by atoms with Crippen LogP contribution in [-0.4, -0.2) is 35.1 Å². The molecule has 0 radical (unpaired) electrons. The summed E-state index contributed by atoms with van der Waals surface area (Å²) in [5, 5.41) is 11.9. The van der Waals surface area contributed by atoms with Crippen molar-refractivity contribution in [2.24, 2.45) is 16.3 Å². The zero-order chi connectivity index (χ0) is 15.0. The van der Waals surface area contributed by atoms with Crippen molar-refractivity contribution in [2.75, 3.05) is 13.1 Å². The van der Waals surface area contributed by atoms with Crippen LogP contribution in [0.25, 0.3) is 0 Å². The third-order valence-electron chi connectivity index (χ3n) is 4.67. The third-order valence-corrected chi connectivity index (χ3v) is 4.67. The van der Waals surface area contributed by atoms with E-state index >= 15 is 0 Å². The summed E-state index contributed by atoms with van der Waals surface area (Å²) in [4.78, 5) is 2.68. The molecule has 0 amide bonds. The summed E-state index contributed by atoms with van der Waals surface area (Å²) in [6.45, 7) is 8.85. The van der Waals surface area contributed by atoms with Gasteiger partial charge in [-0.15, -0.1) is 0 Å². The molecular weight excluding hydrogens is 250 g/mol. The first kappa shape index (κ1) is 17.3. The molecule has 1 atom stereocenters. The van der Waals surface area contributed by atoms with Gasteiger partial charge in [0.15, 0.2) is 0 Å². The molecule has 1 aliphatic heterocycles. The smallest absolute Gasteiger partial charge is 0.144 e. The minimum Gasteiger partial charge on any atom is -0.409 e. The molecule has 1 rings (SSSR count). The van der Waals surface area contributed by atoms with E-state index in [1.165, 1.54) is 51.6 Å². The third kappa shape index (κ3) is 5.31. The molecule has 1 unspecified atom stereocenters. The summed E-state index contributed by atoms with van der Waals surface area (Å²) in [5.41, 5.74) is 5.53. The normalized spacial score (nSPS) is 22.1. The van der Waals surface area contributed by atoms with Gasteiger partial charge in [0.25, 0.3) is 0 Å². The largest absolute Gasteiger partial charge is 0.409 e. The second kappa shape index (κ2) is 8.50. The number of hydrogen-bond acceptors (Lipinski definition) is 3. The maximum absolute atomic E-state index is 8.78. The highest BCUT2D eigenvalue weighted by molar-refractivity contribution is 5.85. The van der Waals surface area contributed by atoms with Crippen molar-refractivity contribution in [3.63, 3.8) is 0 Å². The summed E-state index contributed by atoms with van der Waals surface area (Å²) in [6, 6.07) is 0.811. The van der Waals surface area contributed by atoms with Gasteiger partial charge in [-0.1, -0.05) is 45.2 Å². The molecule has 0 aliphatic carbocycles. The lowest BCUT2D eigenvalue weighted by molar-refractivity contribution is 0.136. The average molecular weight is 283 g/mol. The molecule has 1 heterocycles. The zero-order valence-electron chi connectivity index (χ0n) is 13.6. The highest BCUT2D eigenvalue weighted by Crippen LogP contribution is 2.25. The van der Waals surface area contributed by atoms with Gasteiger partial charge in [0.2, 0.25) is 0 Å². The topological polar surface area (TPSA) is 61.8 Å². The van der Waals surface area contributed by atoms with Crippen LogP contribution in [0.1, 0.15) is 72.1 Å². The number of hydrogen-bond donors (Lipinski definition) is 2. The Labute approximate surface area is 124 Å². The number of amidine groups is 1. The summed E-state index contributed by atoms with van der Waals surface area (Å²) in [5.74, 6) is 0.347. The standard InChI is InChI=1S/C16H33N3O/c1-4-9-14-10-5-7-12-19(14)13-8-6-11-16(2,3)15(17)18-20/h14,20H,4-13H2,1-3H3,(H2,17,18). The van der Waals surface area contributed by atoms with Crippen molar-refractivity contribution in [2.45, 2.75) is 78.2 Å². The molecule has 1 aliphatic rings. The Kier molecular flexibility index (Phi) is 7.35. The quantitative estimate of drug-likeness (QED) is 0.235. The van der Waals surface area contributed by atoms with E-state index in [9.17, 15) is 0 Å². The Morgan fingerprint density at radius 1 is 1.35 bits per heavy atom. The molecule has 1 fully saturated rings. The molecule has 0 aromatic heterocycles. The first-order chi connectivity index (χ1) is 9.51. The Morgan fingerprint density at radius 3 is 2.75 bits per heavy atom. The lowest BCUT2D eigenvalue weighted by atomic mass is 9.86. The van der Waals surface area contributed by atoms with Crippen LogP contribution in [-0.2, 0) is 0 Å². The Hall–Kier alpha value is -0.770. The van der Waals surface area contributed by atoms with Crippen LogP contribution in [0.4, 0.5) is 0 Å². The lowest BCUT2D eigenvalue weighted by Crippen LogP contribution is -2.40. The van der Waals surface area contributed by atoms with Crippen molar-refractivity contribution in [1.82, 2.24) is 4.90 Å². The molecule has 0 saturated carbocycles. The lowest BCUT2D eigenvalue weighted by Gasteiger charge is -2.36. The van der Waals surface area contributed by atoms with Gasteiger partial charge in [0.05, 0.1) is 0 Å². The van der Waals surface area contributed by atoms with Gasteiger partial charge in [0, 0.05) is 11.5 Å². The number of unbranched alkanes of at least 4 members (excludes halogenated alkanes) is 1. The predicted octanol–water partition coefficient (Wildman–Crippen LogP) is 3.58. The molecule has 0 spiro atoms. The monoisotopic (exact) mass is 283 g/mol. The van der Waals surface area contributed by atoms with Crippen molar-refractivity contribution >= 4 is 5.84 Å². The van der Waals surface area contributed by atoms with Crippen molar-refractivity contribution < 1.29 is 5.21 Å². The summed E-state index contributed by atoms with van der Waals surface area (Å²) in [7, 11) is 0. The molecule has 4 heteroatoms. The number of nitrogens with zero attached hydrogens (tertiary/aromatic N) is 2. The van der Waals surface area contributed by atoms with Crippen LogP contribution in [0.15, 0.2) is 5.16 Å². The van der Waals surface area contributed by atoms with Crippen LogP contribution >= 0.6 is 0 Å². The zero-order valence-corrected chi connectivity index (χ0v) is 13.6. The Balaban J connectivity index is 2.29. The predicted molar refractivity (Wildman–Crippen MR) is 85.2 cm³/mol. The number of oxime groups is 1. The summed E-state index contributed by atoms with van der Waals surface area (Å²) >= 11 is 0. The van der Waals surface area contributed by atoms with Crippen molar-refractivity contribution in [1.29, 1.82) is 0 Å². The van der Waals surface area contributed by atoms with E-state index in [0.717, 1.165) is 18.9 Å². The van der Waals surface area contributed by atoms with Gasteiger partial charge in [-0.05, 0) is 45.2 Å². The molecular formula is C16H33N3O. The van der Waals surface area contributed by atoms with E-state index in [0.29, 0.717) is 5.84 Å². The molecule has 118 valence electrons. The number of likely N-dealkylation sites (tertiary alicyclic amines) is 1. The molecule has 0 aromatic rings. The molecule has 0 bridgehead atoms. The SMILES string of the molecule is CCCC1CCCCN1CCCCC(C)(C)C(N)=NO. The van der Waals surface area contributed by atoms with Gasteiger partial charge in [-0.25, -0.2) is 0 Å². The van der Waals surface area contributed by atoms with Crippen molar-refractivity contribution in [3.05, 3.63) is 0 Å². The van der Waals surface area contributed by atoms with Crippen LogP contribution in [0.2, 0.25) is 0 Å². The van der Waals surface area contributed by atoms with E-state index < -0.39 is 0 Å². The minimum atomic E-state index is -0.195. The Bertz CT molecular complexity index is 300. The molecule has 0 aromatic carbocycles. The second-order valence-corrected chi connectivity index (χ2v) is 6.80. The highest BCUT2D eigenvalue weighted by atomic mass is 16.4. The molecule has 3 N–H and O–H groups in total. The number of rotatable bonds is 8. The molecule has 20 heavy (non-hydrogen) atoms. The van der Waals surface area contributed by atoms with Gasteiger partial charge in [0.1, 0.15) is 5.84 Å². The van der Waals surface area contributed by atoms with E-state index in [1.807, 2.05) is 13.8 Å². The fourth-order valence-corrected chi connectivity index (χ4v) is 3.16.